The van der Waals surface area contributed by atoms with E-state index in [-0.39, 0.29) is 12.5 Å². The van der Waals surface area contributed by atoms with Crippen LogP contribution in [0.1, 0.15) is 23.6 Å². The van der Waals surface area contributed by atoms with Crippen LogP contribution in [0.25, 0.3) is 0 Å². The number of aromatic nitrogens is 1. The van der Waals surface area contributed by atoms with Gasteiger partial charge in [0.2, 0.25) is 6.10 Å². The number of pyridine rings is 1. The van der Waals surface area contributed by atoms with Gasteiger partial charge in [0.1, 0.15) is 6.61 Å². The molecule has 0 aliphatic carbocycles. The molecule has 1 aromatic heterocycles. The molecule has 0 unspecified atom stereocenters. The Bertz CT molecular complexity index is 957. The van der Waals surface area contributed by atoms with Crippen LogP contribution in [0, 0.1) is 0 Å². The molecule has 3 aromatic rings. The van der Waals surface area contributed by atoms with Crippen LogP contribution < -0.4 is 9.47 Å². The largest absolute Gasteiger partial charge is 0.485 e. The van der Waals surface area contributed by atoms with Crippen molar-refractivity contribution in [3.8, 4) is 11.5 Å². The van der Waals surface area contributed by atoms with E-state index in [1.165, 1.54) is 5.56 Å². The van der Waals surface area contributed by atoms with E-state index in [9.17, 15) is 4.79 Å². The molecule has 29 heavy (non-hydrogen) atoms. The average Bonchev–Trinajstić information content (AvgIpc) is 2.79. The third-order valence-corrected chi connectivity index (χ3v) is 5.00. The van der Waals surface area contributed by atoms with Crippen molar-refractivity contribution in [1.82, 2.24) is 9.88 Å². The topological polar surface area (TPSA) is 51.7 Å². The number of nitrogens with zero attached hydrogens (tertiary/aromatic N) is 2. The fourth-order valence-corrected chi connectivity index (χ4v) is 3.37. The molecule has 148 valence electrons. The van der Waals surface area contributed by atoms with Gasteiger partial charge in [-0.3, -0.25) is 9.78 Å². The normalized spacial score (nSPS) is 15.0. The monoisotopic (exact) mass is 388 g/mol. The number of rotatable bonds is 6. The first-order valence-corrected chi connectivity index (χ1v) is 9.87. The number of benzene rings is 2. The van der Waals surface area contributed by atoms with Crippen molar-refractivity contribution in [2.45, 2.75) is 32.5 Å². The number of carbonyl (C=O) groups excluding carboxylic acids is 1. The molecular formula is C24H24N2O3. The summed E-state index contributed by atoms with van der Waals surface area (Å²) in [6.07, 6.45) is 3.84. The summed E-state index contributed by atoms with van der Waals surface area (Å²) in [5.41, 5.74) is 3.33. The number of carbonyl (C=O) groups is 1. The quantitative estimate of drug-likeness (QED) is 0.640. The smallest absolute Gasteiger partial charge is 0.267 e. The van der Waals surface area contributed by atoms with E-state index in [1.807, 2.05) is 36.4 Å². The van der Waals surface area contributed by atoms with Crippen molar-refractivity contribution in [3.05, 3.63) is 89.7 Å². The Labute approximate surface area is 170 Å². The Balaban J connectivity index is 1.54. The predicted molar refractivity (Wildman–Crippen MR) is 111 cm³/mol. The molecule has 1 aliphatic heterocycles. The fraction of sp³-hybridized carbons (Fsp3) is 0.250. The maximum Gasteiger partial charge on any atom is 0.267 e. The van der Waals surface area contributed by atoms with E-state index in [0.29, 0.717) is 24.6 Å². The van der Waals surface area contributed by atoms with Gasteiger partial charge in [0.25, 0.3) is 5.91 Å². The first-order chi connectivity index (χ1) is 14.2. The predicted octanol–water partition coefficient (Wildman–Crippen LogP) is 4.01. The highest BCUT2D eigenvalue weighted by atomic mass is 16.6. The van der Waals surface area contributed by atoms with Gasteiger partial charge in [-0.1, -0.05) is 49.4 Å². The second-order valence-electron chi connectivity index (χ2n) is 7.09. The molecule has 0 bridgehead atoms. The minimum absolute atomic E-state index is 0.0945. The molecule has 2 heterocycles. The summed E-state index contributed by atoms with van der Waals surface area (Å²) in [4.78, 5) is 19.3. The van der Waals surface area contributed by atoms with Crippen molar-refractivity contribution in [2.24, 2.45) is 0 Å². The summed E-state index contributed by atoms with van der Waals surface area (Å²) in [5.74, 6) is 1.18. The minimum Gasteiger partial charge on any atom is -0.485 e. The molecule has 0 saturated heterocycles. The number of amides is 1. The van der Waals surface area contributed by atoms with Gasteiger partial charge in [-0.2, -0.15) is 0 Å². The third-order valence-electron chi connectivity index (χ3n) is 5.00. The number of ether oxygens (including phenoxy) is 2. The number of para-hydroxylation sites is 2. The summed E-state index contributed by atoms with van der Waals surface area (Å²) >= 11 is 0. The van der Waals surface area contributed by atoms with Crippen LogP contribution in [0.15, 0.2) is 73.1 Å². The van der Waals surface area contributed by atoms with Gasteiger partial charge in [0.15, 0.2) is 11.5 Å². The summed E-state index contributed by atoms with van der Waals surface area (Å²) in [7, 11) is 0. The number of hydrogen-bond donors (Lipinski definition) is 0. The standard InChI is InChI=1S/C24H24N2O3/c1-2-18-9-11-19(12-10-18)15-26(16-20-6-5-13-25-14-20)24(27)23-17-28-21-7-3-4-8-22(21)29-23/h3-14,23H,2,15-17H2,1H3/t23-/m0/s1. The number of aryl methyl sites for hydroxylation is 1. The second-order valence-corrected chi connectivity index (χ2v) is 7.09. The lowest BCUT2D eigenvalue weighted by Crippen LogP contribution is -2.45. The van der Waals surface area contributed by atoms with E-state index in [0.717, 1.165) is 17.5 Å². The van der Waals surface area contributed by atoms with E-state index >= 15 is 0 Å². The Hall–Kier alpha value is -3.34. The number of fused-ring (bicyclic) bond motifs is 1. The van der Waals surface area contributed by atoms with Crippen LogP contribution in [-0.2, 0) is 24.3 Å². The number of hydrogen-bond acceptors (Lipinski definition) is 4. The highest BCUT2D eigenvalue weighted by Gasteiger charge is 2.31. The van der Waals surface area contributed by atoms with Gasteiger partial charge < -0.3 is 14.4 Å². The Kier molecular flexibility index (Phi) is 5.75. The molecule has 2 aromatic carbocycles. The molecule has 1 amide bonds. The van der Waals surface area contributed by atoms with Crippen LogP contribution in [0.4, 0.5) is 0 Å². The summed E-state index contributed by atoms with van der Waals surface area (Å²) in [6, 6.07) is 19.7. The first-order valence-electron chi connectivity index (χ1n) is 9.87. The van der Waals surface area contributed by atoms with Crippen LogP contribution in [0.5, 0.6) is 11.5 Å². The lowest BCUT2D eigenvalue weighted by atomic mass is 10.1. The van der Waals surface area contributed by atoms with Crippen molar-refractivity contribution in [1.29, 1.82) is 0 Å². The van der Waals surface area contributed by atoms with Gasteiger partial charge in [-0.05, 0) is 41.3 Å². The van der Waals surface area contributed by atoms with Crippen LogP contribution in [-0.4, -0.2) is 28.5 Å². The van der Waals surface area contributed by atoms with Crippen molar-refractivity contribution < 1.29 is 14.3 Å². The van der Waals surface area contributed by atoms with Gasteiger partial charge >= 0.3 is 0 Å². The van der Waals surface area contributed by atoms with Gasteiger partial charge in [-0.15, -0.1) is 0 Å². The molecule has 0 saturated carbocycles. The molecule has 0 spiro atoms. The van der Waals surface area contributed by atoms with Gasteiger partial charge in [0, 0.05) is 25.5 Å². The fourth-order valence-electron chi connectivity index (χ4n) is 3.37. The molecule has 1 atom stereocenters. The third kappa shape index (κ3) is 4.57. The zero-order chi connectivity index (χ0) is 20.1. The summed E-state index contributed by atoms with van der Waals surface area (Å²) in [6.45, 7) is 3.29. The molecule has 5 nitrogen and oxygen atoms in total. The van der Waals surface area contributed by atoms with Crippen molar-refractivity contribution in [3.63, 3.8) is 0 Å². The Morgan fingerprint density at radius 3 is 2.41 bits per heavy atom. The molecular weight excluding hydrogens is 364 g/mol. The van der Waals surface area contributed by atoms with E-state index in [2.05, 4.69) is 36.2 Å². The zero-order valence-corrected chi connectivity index (χ0v) is 16.5. The molecule has 5 heteroatoms. The van der Waals surface area contributed by atoms with Crippen LogP contribution in [0.3, 0.4) is 0 Å². The highest BCUT2D eigenvalue weighted by molar-refractivity contribution is 5.82. The average molecular weight is 388 g/mol. The Morgan fingerprint density at radius 1 is 0.966 bits per heavy atom. The highest BCUT2D eigenvalue weighted by Crippen LogP contribution is 2.31. The first kappa shape index (κ1) is 19.0. The molecule has 4 rings (SSSR count). The summed E-state index contributed by atoms with van der Waals surface area (Å²) in [5, 5.41) is 0. The van der Waals surface area contributed by atoms with Crippen molar-refractivity contribution in [2.75, 3.05) is 6.61 Å². The lowest BCUT2D eigenvalue weighted by molar-refractivity contribution is -0.142. The van der Waals surface area contributed by atoms with E-state index in [4.69, 9.17) is 9.47 Å². The molecule has 0 N–H and O–H groups in total. The van der Waals surface area contributed by atoms with Gasteiger partial charge in [-0.25, -0.2) is 0 Å². The lowest BCUT2D eigenvalue weighted by Gasteiger charge is -2.31. The van der Waals surface area contributed by atoms with Crippen LogP contribution >= 0.6 is 0 Å². The van der Waals surface area contributed by atoms with Crippen LogP contribution in [0.2, 0.25) is 0 Å². The Morgan fingerprint density at radius 2 is 1.69 bits per heavy atom. The minimum atomic E-state index is -0.670. The molecule has 0 fully saturated rings. The molecule has 0 radical (unpaired) electrons. The summed E-state index contributed by atoms with van der Waals surface area (Å²) < 4.78 is 11.7. The maximum absolute atomic E-state index is 13.3. The SMILES string of the molecule is CCc1ccc(CN(Cc2cccnc2)C(=O)[C@@H]2COc3ccccc3O2)cc1. The maximum atomic E-state index is 13.3. The second kappa shape index (κ2) is 8.78. The van der Waals surface area contributed by atoms with Gasteiger partial charge in [0.05, 0.1) is 0 Å². The zero-order valence-electron chi connectivity index (χ0n) is 16.5. The molecule has 1 aliphatic rings. The van der Waals surface area contributed by atoms with E-state index in [1.54, 1.807) is 17.3 Å². The van der Waals surface area contributed by atoms with Crippen molar-refractivity contribution >= 4 is 5.91 Å². The van der Waals surface area contributed by atoms with E-state index < -0.39 is 6.10 Å².